The Balaban J connectivity index is 1.44. The molecular weight excluding hydrogens is 333 g/mol. The van der Waals surface area contributed by atoms with Crippen molar-refractivity contribution in [3.63, 3.8) is 0 Å². The molecule has 128 valence electrons. The molecule has 0 radical (unpaired) electrons. The van der Waals surface area contributed by atoms with Crippen molar-refractivity contribution >= 4 is 10.0 Å². The van der Waals surface area contributed by atoms with Gasteiger partial charge in [0.15, 0.2) is 0 Å². The number of nitrogens with zero attached hydrogens (tertiary/aromatic N) is 3. The highest BCUT2D eigenvalue weighted by molar-refractivity contribution is 7.90. The van der Waals surface area contributed by atoms with Gasteiger partial charge < -0.3 is 4.42 Å². The minimum Gasteiger partial charge on any atom is -0.420 e. The molecule has 1 saturated carbocycles. The molecule has 0 amide bonds. The van der Waals surface area contributed by atoms with Gasteiger partial charge in [-0.3, -0.25) is 0 Å². The van der Waals surface area contributed by atoms with Crippen LogP contribution in [-0.2, 0) is 10.0 Å². The van der Waals surface area contributed by atoms with E-state index in [-0.39, 0.29) is 17.0 Å². The van der Waals surface area contributed by atoms with Crippen LogP contribution in [0.25, 0.3) is 11.5 Å². The predicted octanol–water partition coefficient (Wildman–Crippen LogP) is 2.55. The van der Waals surface area contributed by atoms with Gasteiger partial charge in [-0.1, -0.05) is 0 Å². The smallest absolute Gasteiger partial charge is 0.247 e. The molecule has 1 aromatic heterocycles. The largest absolute Gasteiger partial charge is 0.420 e. The quantitative estimate of drug-likeness (QED) is 0.846. The van der Waals surface area contributed by atoms with Gasteiger partial charge in [0, 0.05) is 24.6 Å². The molecule has 4 rings (SSSR count). The molecular formula is C16H18FN3O3S. The first-order valence-electron chi connectivity index (χ1n) is 8.12. The number of aromatic nitrogens is 2. The van der Waals surface area contributed by atoms with Gasteiger partial charge in [0.05, 0.1) is 5.25 Å². The van der Waals surface area contributed by atoms with Gasteiger partial charge in [0.2, 0.25) is 21.8 Å². The summed E-state index contributed by atoms with van der Waals surface area (Å²) < 4.78 is 44.8. The molecule has 0 spiro atoms. The van der Waals surface area contributed by atoms with Gasteiger partial charge in [0.1, 0.15) is 5.82 Å². The lowest BCUT2D eigenvalue weighted by Crippen LogP contribution is -2.39. The molecule has 2 aromatic rings. The van der Waals surface area contributed by atoms with Crippen molar-refractivity contribution < 1.29 is 17.2 Å². The van der Waals surface area contributed by atoms with Gasteiger partial charge in [-0.05, 0) is 49.9 Å². The topological polar surface area (TPSA) is 76.3 Å². The first-order valence-corrected chi connectivity index (χ1v) is 9.62. The van der Waals surface area contributed by atoms with E-state index in [0.29, 0.717) is 43.3 Å². The fraction of sp³-hybridized carbons (Fsp3) is 0.500. The lowest BCUT2D eigenvalue weighted by Gasteiger charge is -2.29. The maximum atomic E-state index is 13.0. The Labute approximate surface area is 139 Å². The zero-order valence-corrected chi connectivity index (χ0v) is 13.9. The molecule has 2 fully saturated rings. The van der Waals surface area contributed by atoms with Gasteiger partial charge >= 0.3 is 0 Å². The van der Waals surface area contributed by atoms with Crippen molar-refractivity contribution in [3.05, 3.63) is 36.0 Å². The lowest BCUT2D eigenvalue weighted by molar-refractivity contribution is 0.291. The highest BCUT2D eigenvalue weighted by Gasteiger charge is 2.41. The van der Waals surface area contributed by atoms with Gasteiger partial charge in [-0.15, -0.1) is 10.2 Å². The molecule has 2 heterocycles. The summed E-state index contributed by atoms with van der Waals surface area (Å²) in [6.07, 6.45) is 2.92. The summed E-state index contributed by atoms with van der Waals surface area (Å²) in [6.45, 7) is 0.996. The first kappa shape index (κ1) is 15.7. The van der Waals surface area contributed by atoms with Crippen molar-refractivity contribution in [3.8, 4) is 11.5 Å². The molecule has 1 aliphatic carbocycles. The predicted molar refractivity (Wildman–Crippen MR) is 85.2 cm³/mol. The van der Waals surface area contributed by atoms with E-state index >= 15 is 0 Å². The minimum absolute atomic E-state index is 0.0670. The normalized spacial score (nSPS) is 20.4. The van der Waals surface area contributed by atoms with Crippen LogP contribution in [0.3, 0.4) is 0 Å². The molecule has 1 aromatic carbocycles. The Kier molecular flexibility index (Phi) is 3.88. The maximum absolute atomic E-state index is 13.0. The molecule has 0 unspecified atom stereocenters. The Bertz CT molecular complexity index is 823. The number of hydrogen-bond acceptors (Lipinski definition) is 5. The molecule has 1 aliphatic heterocycles. The van der Waals surface area contributed by atoms with Crippen LogP contribution in [0.2, 0.25) is 0 Å². The second-order valence-corrected chi connectivity index (χ2v) is 8.58. The second-order valence-electron chi connectivity index (χ2n) is 6.37. The van der Waals surface area contributed by atoms with Crippen molar-refractivity contribution in [1.29, 1.82) is 0 Å². The van der Waals surface area contributed by atoms with Crippen LogP contribution >= 0.6 is 0 Å². The lowest BCUT2D eigenvalue weighted by atomic mass is 9.98. The molecule has 0 bridgehead atoms. The highest BCUT2D eigenvalue weighted by atomic mass is 32.2. The number of benzene rings is 1. The first-order chi connectivity index (χ1) is 11.5. The molecule has 1 saturated heterocycles. The van der Waals surface area contributed by atoms with E-state index in [2.05, 4.69) is 10.2 Å². The SMILES string of the molecule is O=S(=O)(C1CC1)N1CCC(c2nnc(-c3ccc(F)cc3)o2)CC1. The van der Waals surface area contributed by atoms with Gasteiger partial charge in [0.25, 0.3) is 0 Å². The Morgan fingerprint density at radius 1 is 1.04 bits per heavy atom. The standard InChI is InChI=1S/C16H18FN3O3S/c17-13-3-1-11(2-4-13)15-18-19-16(23-15)12-7-9-20(10-8-12)24(21,22)14-5-6-14/h1-4,12,14H,5-10H2. The third kappa shape index (κ3) is 2.95. The van der Waals surface area contributed by atoms with E-state index in [1.165, 1.54) is 12.1 Å². The maximum Gasteiger partial charge on any atom is 0.247 e. The summed E-state index contributed by atoms with van der Waals surface area (Å²) >= 11 is 0. The molecule has 2 aliphatic rings. The van der Waals surface area contributed by atoms with E-state index in [1.54, 1.807) is 16.4 Å². The number of piperidine rings is 1. The molecule has 6 nitrogen and oxygen atoms in total. The van der Waals surface area contributed by atoms with E-state index < -0.39 is 10.0 Å². The monoisotopic (exact) mass is 351 g/mol. The summed E-state index contributed by atoms with van der Waals surface area (Å²) in [5.74, 6) is 0.635. The Hall–Kier alpha value is -1.80. The van der Waals surface area contributed by atoms with Crippen molar-refractivity contribution in [2.75, 3.05) is 13.1 Å². The fourth-order valence-corrected chi connectivity index (χ4v) is 4.92. The summed E-state index contributed by atoms with van der Waals surface area (Å²) in [5, 5.41) is 7.96. The van der Waals surface area contributed by atoms with E-state index in [1.807, 2.05) is 0 Å². The number of sulfonamides is 1. The highest BCUT2D eigenvalue weighted by Crippen LogP contribution is 2.35. The third-order valence-electron chi connectivity index (χ3n) is 4.64. The molecule has 8 heteroatoms. The van der Waals surface area contributed by atoms with Gasteiger partial charge in [-0.2, -0.15) is 0 Å². The Morgan fingerprint density at radius 2 is 1.71 bits per heavy atom. The summed E-state index contributed by atoms with van der Waals surface area (Å²) in [7, 11) is -3.11. The Morgan fingerprint density at radius 3 is 2.33 bits per heavy atom. The van der Waals surface area contributed by atoms with Crippen molar-refractivity contribution in [2.45, 2.75) is 36.9 Å². The molecule has 24 heavy (non-hydrogen) atoms. The summed E-state index contributed by atoms with van der Waals surface area (Å²) in [6, 6.07) is 5.88. The molecule has 0 atom stereocenters. The van der Waals surface area contributed by atoms with E-state index in [0.717, 1.165) is 12.8 Å². The van der Waals surface area contributed by atoms with Gasteiger partial charge in [-0.25, -0.2) is 17.1 Å². The zero-order chi connectivity index (χ0) is 16.7. The summed E-state index contributed by atoms with van der Waals surface area (Å²) in [4.78, 5) is 0. The van der Waals surface area contributed by atoms with Crippen LogP contribution in [0.1, 0.15) is 37.5 Å². The van der Waals surface area contributed by atoms with Crippen LogP contribution in [0.15, 0.2) is 28.7 Å². The van der Waals surface area contributed by atoms with Crippen LogP contribution in [0.4, 0.5) is 4.39 Å². The zero-order valence-electron chi connectivity index (χ0n) is 13.1. The van der Waals surface area contributed by atoms with E-state index in [9.17, 15) is 12.8 Å². The fourth-order valence-electron chi connectivity index (χ4n) is 3.04. The van der Waals surface area contributed by atoms with Crippen LogP contribution in [-0.4, -0.2) is 41.3 Å². The second kappa shape index (κ2) is 5.93. The van der Waals surface area contributed by atoms with Crippen LogP contribution in [0.5, 0.6) is 0 Å². The average molecular weight is 351 g/mol. The number of rotatable bonds is 4. The molecule has 0 N–H and O–H groups in total. The third-order valence-corrected chi connectivity index (χ3v) is 7.04. The van der Waals surface area contributed by atoms with Crippen LogP contribution < -0.4 is 0 Å². The van der Waals surface area contributed by atoms with Crippen molar-refractivity contribution in [2.24, 2.45) is 0 Å². The number of hydrogen-bond donors (Lipinski definition) is 0. The number of halogens is 1. The minimum atomic E-state index is -3.11. The van der Waals surface area contributed by atoms with Crippen LogP contribution in [0, 0.1) is 5.82 Å². The van der Waals surface area contributed by atoms with E-state index in [4.69, 9.17) is 4.42 Å². The van der Waals surface area contributed by atoms with Crippen molar-refractivity contribution in [1.82, 2.24) is 14.5 Å². The summed E-state index contributed by atoms with van der Waals surface area (Å²) in [5.41, 5.74) is 0.670. The average Bonchev–Trinajstić information content (AvgIpc) is 3.35.